The number of benzene rings is 1. The van der Waals surface area contributed by atoms with E-state index in [2.05, 4.69) is 5.32 Å². The lowest BCUT2D eigenvalue weighted by atomic mass is 9.68. The Kier molecular flexibility index (Phi) is 5.11. The topological polar surface area (TPSA) is 66.4 Å². The van der Waals surface area contributed by atoms with E-state index in [0.717, 1.165) is 19.3 Å². The molecular formula is C16H19F2NO3. The van der Waals surface area contributed by atoms with Gasteiger partial charge in [0.05, 0.1) is 5.41 Å². The highest BCUT2D eigenvalue weighted by Gasteiger charge is 2.42. The molecule has 6 heteroatoms. The quantitative estimate of drug-likeness (QED) is 0.878. The van der Waals surface area contributed by atoms with Gasteiger partial charge in [0.15, 0.2) is 6.04 Å². The van der Waals surface area contributed by atoms with Crippen molar-refractivity contribution in [2.45, 2.75) is 43.6 Å². The molecule has 0 aromatic heterocycles. The van der Waals surface area contributed by atoms with Gasteiger partial charge < -0.3 is 10.4 Å². The number of amides is 1. The average Bonchev–Trinajstić information content (AvgIpc) is 2.52. The first-order valence-electron chi connectivity index (χ1n) is 7.35. The van der Waals surface area contributed by atoms with Crippen molar-refractivity contribution in [3.8, 4) is 0 Å². The molecule has 1 amide bonds. The number of halogens is 2. The van der Waals surface area contributed by atoms with Gasteiger partial charge in [0.1, 0.15) is 12.5 Å². The van der Waals surface area contributed by atoms with E-state index in [1.165, 1.54) is 18.2 Å². The lowest BCUT2D eigenvalue weighted by molar-refractivity contribution is -0.143. The molecule has 1 unspecified atom stereocenters. The number of nitrogens with one attached hydrogen (secondary N) is 1. The minimum absolute atomic E-state index is 0.449. The number of carboxylic acid groups (broad SMARTS) is 1. The Labute approximate surface area is 127 Å². The highest BCUT2D eigenvalue weighted by atomic mass is 19.1. The molecule has 1 fully saturated rings. The molecule has 2 N–H and O–H groups in total. The number of rotatable bonds is 5. The summed E-state index contributed by atoms with van der Waals surface area (Å²) < 4.78 is 26.3. The fraction of sp³-hybridized carbons (Fsp3) is 0.500. The lowest BCUT2D eigenvalue weighted by Gasteiger charge is -2.37. The van der Waals surface area contributed by atoms with Gasteiger partial charge >= 0.3 is 5.97 Å². The van der Waals surface area contributed by atoms with Crippen LogP contribution in [-0.2, 0) is 15.0 Å². The summed E-state index contributed by atoms with van der Waals surface area (Å²) in [5.74, 6) is -2.40. The van der Waals surface area contributed by atoms with Gasteiger partial charge in [-0.25, -0.2) is 13.6 Å². The number of carbonyl (C=O) groups is 2. The molecule has 0 saturated heterocycles. The number of carbonyl (C=O) groups excluding carboxylic acids is 1. The second-order valence-corrected chi connectivity index (χ2v) is 5.67. The van der Waals surface area contributed by atoms with Crippen LogP contribution in [0.1, 0.15) is 37.7 Å². The van der Waals surface area contributed by atoms with Crippen LogP contribution in [0.3, 0.4) is 0 Å². The van der Waals surface area contributed by atoms with Gasteiger partial charge in [-0.2, -0.15) is 0 Å². The number of aliphatic carboxylic acids is 1. The summed E-state index contributed by atoms with van der Waals surface area (Å²) in [7, 11) is 0. The largest absolute Gasteiger partial charge is 0.480 e. The smallest absolute Gasteiger partial charge is 0.328 e. The van der Waals surface area contributed by atoms with Crippen LogP contribution >= 0.6 is 0 Å². The molecule has 0 bridgehead atoms. The predicted octanol–water partition coefficient (Wildman–Crippen LogP) is 2.57. The standard InChI is InChI=1S/C16H19F2NO3/c17-10-13(14(20)21)19-15(22)16(7-2-1-3-8-16)11-5-4-6-12(18)9-11/h4-6,9,13H,1-3,7-8,10H2,(H,19,22)(H,20,21). The molecular weight excluding hydrogens is 292 g/mol. The normalized spacial score (nSPS) is 18.5. The van der Waals surface area contributed by atoms with Crippen molar-refractivity contribution in [1.82, 2.24) is 5.32 Å². The fourth-order valence-electron chi connectivity index (χ4n) is 3.05. The summed E-state index contributed by atoms with van der Waals surface area (Å²) in [6, 6.07) is 4.22. The summed E-state index contributed by atoms with van der Waals surface area (Å²) in [5, 5.41) is 11.2. The van der Waals surface area contributed by atoms with Gasteiger partial charge in [0.25, 0.3) is 0 Å². The molecule has 1 aliphatic carbocycles. The average molecular weight is 311 g/mol. The van der Waals surface area contributed by atoms with Crippen LogP contribution in [0.15, 0.2) is 24.3 Å². The van der Waals surface area contributed by atoms with E-state index in [9.17, 15) is 18.4 Å². The van der Waals surface area contributed by atoms with E-state index in [1.54, 1.807) is 6.07 Å². The number of hydrogen-bond donors (Lipinski definition) is 2. The molecule has 1 aromatic rings. The van der Waals surface area contributed by atoms with Crippen LogP contribution in [0, 0.1) is 5.82 Å². The third-order valence-corrected chi connectivity index (χ3v) is 4.28. The van der Waals surface area contributed by atoms with E-state index < -0.39 is 35.8 Å². The molecule has 0 spiro atoms. The van der Waals surface area contributed by atoms with E-state index in [1.807, 2.05) is 0 Å². The summed E-state index contributed by atoms with van der Waals surface area (Å²) >= 11 is 0. The highest BCUT2D eigenvalue weighted by molar-refractivity contribution is 5.91. The third-order valence-electron chi connectivity index (χ3n) is 4.28. The van der Waals surface area contributed by atoms with Gasteiger partial charge in [0.2, 0.25) is 5.91 Å². The maximum atomic E-state index is 13.5. The monoisotopic (exact) mass is 311 g/mol. The Balaban J connectivity index is 2.33. The van der Waals surface area contributed by atoms with Crippen LogP contribution in [-0.4, -0.2) is 29.7 Å². The molecule has 1 saturated carbocycles. The van der Waals surface area contributed by atoms with Gasteiger partial charge in [0, 0.05) is 0 Å². The van der Waals surface area contributed by atoms with Gasteiger partial charge in [-0.3, -0.25) is 4.79 Å². The van der Waals surface area contributed by atoms with Crippen LogP contribution in [0.4, 0.5) is 8.78 Å². The Morgan fingerprint density at radius 3 is 2.50 bits per heavy atom. The van der Waals surface area contributed by atoms with Crippen LogP contribution < -0.4 is 5.32 Å². The molecule has 22 heavy (non-hydrogen) atoms. The summed E-state index contributed by atoms with van der Waals surface area (Å²) in [5.41, 5.74) is -0.462. The SMILES string of the molecule is O=C(O)C(CF)NC(=O)C1(c2cccc(F)c2)CCCCC1. The molecule has 2 rings (SSSR count). The molecule has 1 atom stereocenters. The van der Waals surface area contributed by atoms with Crippen molar-refractivity contribution >= 4 is 11.9 Å². The second-order valence-electron chi connectivity index (χ2n) is 5.67. The maximum absolute atomic E-state index is 13.5. The second kappa shape index (κ2) is 6.85. The first-order valence-corrected chi connectivity index (χ1v) is 7.35. The van der Waals surface area contributed by atoms with Crippen LogP contribution in [0.25, 0.3) is 0 Å². The van der Waals surface area contributed by atoms with Crippen molar-refractivity contribution < 1.29 is 23.5 Å². The zero-order valence-corrected chi connectivity index (χ0v) is 12.1. The molecule has 1 aliphatic rings. The van der Waals surface area contributed by atoms with Crippen molar-refractivity contribution in [3.63, 3.8) is 0 Å². The summed E-state index contributed by atoms with van der Waals surface area (Å²) in [6.45, 7) is -1.18. The predicted molar refractivity (Wildman–Crippen MR) is 76.7 cm³/mol. The molecule has 0 aliphatic heterocycles. The van der Waals surface area contributed by atoms with Crippen LogP contribution in [0.5, 0.6) is 0 Å². The van der Waals surface area contributed by atoms with Gasteiger partial charge in [-0.15, -0.1) is 0 Å². The van der Waals surface area contributed by atoms with Crippen molar-refractivity contribution in [1.29, 1.82) is 0 Å². The van der Waals surface area contributed by atoms with Crippen LogP contribution in [0.2, 0.25) is 0 Å². The Morgan fingerprint density at radius 2 is 1.95 bits per heavy atom. The highest BCUT2D eigenvalue weighted by Crippen LogP contribution is 2.40. The molecule has 0 heterocycles. The third kappa shape index (κ3) is 3.26. The number of hydrogen-bond acceptors (Lipinski definition) is 2. The number of carboxylic acids is 1. The number of alkyl halides is 1. The first-order chi connectivity index (χ1) is 10.5. The Hall–Kier alpha value is -1.98. The van der Waals surface area contributed by atoms with Gasteiger partial charge in [-0.05, 0) is 30.5 Å². The minimum Gasteiger partial charge on any atom is -0.480 e. The van der Waals surface area contributed by atoms with Crippen molar-refractivity contribution in [2.24, 2.45) is 0 Å². The van der Waals surface area contributed by atoms with E-state index in [-0.39, 0.29) is 0 Å². The Morgan fingerprint density at radius 1 is 1.27 bits per heavy atom. The molecule has 0 radical (unpaired) electrons. The van der Waals surface area contributed by atoms with E-state index in [0.29, 0.717) is 18.4 Å². The van der Waals surface area contributed by atoms with Gasteiger partial charge in [-0.1, -0.05) is 31.4 Å². The van der Waals surface area contributed by atoms with E-state index >= 15 is 0 Å². The zero-order chi connectivity index (χ0) is 16.2. The van der Waals surface area contributed by atoms with E-state index in [4.69, 9.17) is 5.11 Å². The van der Waals surface area contributed by atoms with Crippen molar-refractivity contribution in [3.05, 3.63) is 35.6 Å². The van der Waals surface area contributed by atoms with Crippen molar-refractivity contribution in [2.75, 3.05) is 6.67 Å². The summed E-state index contributed by atoms with van der Waals surface area (Å²) in [4.78, 5) is 23.6. The Bertz CT molecular complexity index is 556. The molecule has 4 nitrogen and oxygen atoms in total. The molecule has 1 aromatic carbocycles. The molecule has 120 valence electrons. The summed E-state index contributed by atoms with van der Waals surface area (Å²) in [6.07, 6.45) is 3.55. The lowest BCUT2D eigenvalue weighted by Crippen LogP contribution is -2.52. The minimum atomic E-state index is -1.57. The fourth-order valence-corrected chi connectivity index (χ4v) is 3.05. The zero-order valence-electron chi connectivity index (χ0n) is 12.1. The first kappa shape index (κ1) is 16.4. The maximum Gasteiger partial charge on any atom is 0.328 e.